The SMILES string of the molecule is O=C(NCC(=O)N1CCCC1)c1ccoc1. The average Bonchev–Trinajstić information content (AvgIpc) is 2.95. The molecule has 0 aliphatic carbocycles. The first-order valence-electron chi connectivity index (χ1n) is 5.35. The molecule has 0 bridgehead atoms. The van der Waals surface area contributed by atoms with Crippen molar-refractivity contribution in [3.63, 3.8) is 0 Å². The minimum Gasteiger partial charge on any atom is -0.472 e. The van der Waals surface area contributed by atoms with Crippen LogP contribution in [-0.2, 0) is 4.79 Å². The van der Waals surface area contributed by atoms with Crippen LogP contribution in [0.4, 0.5) is 0 Å². The van der Waals surface area contributed by atoms with E-state index in [0.29, 0.717) is 5.56 Å². The molecule has 0 spiro atoms. The lowest BCUT2D eigenvalue weighted by Gasteiger charge is -2.15. The number of hydrogen-bond acceptors (Lipinski definition) is 3. The summed E-state index contributed by atoms with van der Waals surface area (Å²) in [4.78, 5) is 24.9. The maximum atomic E-state index is 11.6. The molecule has 86 valence electrons. The smallest absolute Gasteiger partial charge is 0.254 e. The number of furan rings is 1. The summed E-state index contributed by atoms with van der Waals surface area (Å²) in [6, 6.07) is 1.57. The van der Waals surface area contributed by atoms with Crippen LogP contribution in [0.3, 0.4) is 0 Å². The van der Waals surface area contributed by atoms with Gasteiger partial charge in [-0.3, -0.25) is 9.59 Å². The summed E-state index contributed by atoms with van der Waals surface area (Å²) in [7, 11) is 0. The summed E-state index contributed by atoms with van der Waals surface area (Å²) < 4.78 is 4.79. The van der Waals surface area contributed by atoms with Gasteiger partial charge in [0, 0.05) is 13.1 Å². The highest BCUT2D eigenvalue weighted by molar-refractivity contribution is 5.96. The highest BCUT2D eigenvalue weighted by Gasteiger charge is 2.18. The molecule has 1 aromatic rings. The summed E-state index contributed by atoms with van der Waals surface area (Å²) >= 11 is 0. The molecule has 1 aliphatic rings. The monoisotopic (exact) mass is 222 g/mol. The molecule has 2 rings (SSSR count). The third kappa shape index (κ3) is 2.42. The fourth-order valence-electron chi connectivity index (χ4n) is 1.73. The fraction of sp³-hybridized carbons (Fsp3) is 0.455. The minimum absolute atomic E-state index is 0.0191. The molecule has 1 saturated heterocycles. The molecule has 2 heterocycles. The van der Waals surface area contributed by atoms with Crippen molar-refractivity contribution in [3.8, 4) is 0 Å². The van der Waals surface area contributed by atoms with Gasteiger partial charge in [-0.25, -0.2) is 0 Å². The summed E-state index contributed by atoms with van der Waals surface area (Å²) in [5, 5.41) is 2.57. The van der Waals surface area contributed by atoms with Crippen molar-refractivity contribution < 1.29 is 14.0 Å². The zero-order chi connectivity index (χ0) is 11.4. The van der Waals surface area contributed by atoms with Gasteiger partial charge in [-0.05, 0) is 18.9 Å². The lowest BCUT2D eigenvalue weighted by atomic mass is 10.3. The van der Waals surface area contributed by atoms with E-state index >= 15 is 0 Å². The lowest BCUT2D eigenvalue weighted by Crippen LogP contribution is -2.38. The molecule has 2 amide bonds. The molecular weight excluding hydrogens is 208 g/mol. The topological polar surface area (TPSA) is 62.6 Å². The van der Waals surface area contributed by atoms with Crippen LogP contribution in [0.5, 0.6) is 0 Å². The molecule has 0 atom stereocenters. The lowest BCUT2D eigenvalue weighted by molar-refractivity contribution is -0.129. The first kappa shape index (κ1) is 10.7. The molecule has 5 nitrogen and oxygen atoms in total. The van der Waals surface area contributed by atoms with E-state index in [2.05, 4.69) is 5.32 Å². The predicted molar refractivity (Wildman–Crippen MR) is 56.9 cm³/mol. The summed E-state index contributed by atoms with van der Waals surface area (Å²) in [6.07, 6.45) is 4.90. The van der Waals surface area contributed by atoms with Gasteiger partial charge in [-0.1, -0.05) is 0 Å². The third-order valence-electron chi connectivity index (χ3n) is 2.64. The Morgan fingerprint density at radius 1 is 1.38 bits per heavy atom. The molecule has 0 saturated carbocycles. The number of amides is 2. The number of rotatable bonds is 3. The maximum Gasteiger partial charge on any atom is 0.254 e. The number of nitrogens with one attached hydrogen (secondary N) is 1. The van der Waals surface area contributed by atoms with Crippen molar-refractivity contribution in [2.75, 3.05) is 19.6 Å². The van der Waals surface area contributed by atoms with Crippen molar-refractivity contribution in [1.82, 2.24) is 10.2 Å². The highest BCUT2D eigenvalue weighted by atomic mass is 16.3. The predicted octanol–water partition coefficient (Wildman–Crippen LogP) is 0.632. The fourth-order valence-corrected chi connectivity index (χ4v) is 1.73. The first-order chi connectivity index (χ1) is 7.77. The van der Waals surface area contributed by atoms with E-state index in [1.54, 1.807) is 11.0 Å². The van der Waals surface area contributed by atoms with Gasteiger partial charge in [-0.2, -0.15) is 0 Å². The van der Waals surface area contributed by atoms with Gasteiger partial charge in [0.05, 0.1) is 18.4 Å². The van der Waals surface area contributed by atoms with Crippen molar-refractivity contribution in [1.29, 1.82) is 0 Å². The molecule has 1 aromatic heterocycles. The quantitative estimate of drug-likeness (QED) is 0.816. The van der Waals surface area contributed by atoms with E-state index in [1.165, 1.54) is 12.5 Å². The molecule has 1 fully saturated rings. The van der Waals surface area contributed by atoms with Crippen molar-refractivity contribution >= 4 is 11.8 Å². The van der Waals surface area contributed by atoms with Gasteiger partial charge < -0.3 is 14.6 Å². The van der Waals surface area contributed by atoms with Gasteiger partial charge in [0.15, 0.2) is 0 Å². The van der Waals surface area contributed by atoms with E-state index in [4.69, 9.17) is 4.42 Å². The first-order valence-corrected chi connectivity index (χ1v) is 5.35. The van der Waals surface area contributed by atoms with Crippen LogP contribution in [-0.4, -0.2) is 36.3 Å². The van der Waals surface area contributed by atoms with Gasteiger partial charge in [0.25, 0.3) is 5.91 Å². The van der Waals surface area contributed by atoms with E-state index in [9.17, 15) is 9.59 Å². The Kier molecular flexibility index (Phi) is 3.24. The average molecular weight is 222 g/mol. The highest BCUT2D eigenvalue weighted by Crippen LogP contribution is 2.07. The molecule has 1 aliphatic heterocycles. The Hall–Kier alpha value is -1.78. The summed E-state index contributed by atoms with van der Waals surface area (Å²) in [5.74, 6) is -0.296. The minimum atomic E-state index is -0.277. The second kappa shape index (κ2) is 4.83. The number of hydrogen-bond donors (Lipinski definition) is 1. The zero-order valence-electron chi connectivity index (χ0n) is 8.94. The van der Waals surface area contributed by atoms with Crippen molar-refractivity contribution in [2.24, 2.45) is 0 Å². The second-order valence-corrected chi connectivity index (χ2v) is 3.78. The number of carbonyl (C=O) groups excluding carboxylic acids is 2. The summed E-state index contributed by atoms with van der Waals surface area (Å²) in [6.45, 7) is 1.67. The van der Waals surface area contributed by atoms with E-state index in [0.717, 1.165) is 25.9 Å². The summed E-state index contributed by atoms with van der Waals surface area (Å²) in [5.41, 5.74) is 0.439. The van der Waals surface area contributed by atoms with Crippen LogP contribution in [0, 0.1) is 0 Å². The van der Waals surface area contributed by atoms with Crippen molar-refractivity contribution in [2.45, 2.75) is 12.8 Å². The molecule has 16 heavy (non-hydrogen) atoms. The second-order valence-electron chi connectivity index (χ2n) is 3.78. The van der Waals surface area contributed by atoms with Gasteiger partial charge in [-0.15, -0.1) is 0 Å². The normalized spacial score (nSPS) is 15.1. The Morgan fingerprint density at radius 2 is 2.12 bits per heavy atom. The zero-order valence-corrected chi connectivity index (χ0v) is 8.94. The Labute approximate surface area is 93.4 Å². The largest absolute Gasteiger partial charge is 0.472 e. The third-order valence-corrected chi connectivity index (χ3v) is 2.64. The van der Waals surface area contributed by atoms with E-state index in [1.807, 2.05) is 0 Å². The molecule has 0 unspecified atom stereocenters. The van der Waals surface area contributed by atoms with E-state index < -0.39 is 0 Å². The number of likely N-dealkylation sites (tertiary alicyclic amines) is 1. The van der Waals surface area contributed by atoms with Crippen LogP contribution >= 0.6 is 0 Å². The van der Waals surface area contributed by atoms with Crippen LogP contribution < -0.4 is 5.32 Å². The Balaban J connectivity index is 1.79. The van der Waals surface area contributed by atoms with Crippen LogP contribution in [0.15, 0.2) is 23.0 Å². The molecule has 0 radical (unpaired) electrons. The van der Waals surface area contributed by atoms with E-state index in [-0.39, 0.29) is 18.4 Å². The number of carbonyl (C=O) groups is 2. The molecule has 0 aromatic carbocycles. The molecule has 5 heteroatoms. The van der Waals surface area contributed by atoms with Crippen molar-refractivity contribution in [3.05, 3.63) is 24.2 Å². The maximum absolute atomic E-state index is 11.6. The van der Waals surface area contributed by atoms with Gasteiger partial charge in [0.2, 0.25) is 5.91 Å². The Morgan fingerprint density at radius 3 is 2.75 bits per heavy atom. The molecular formula is C11H14N2O3. The standard InChI is InChI=1S/C11H14N2O3/c14-10(13-4-1-2-5-13)7-12-11(15)9-3-6-16-8-9/h3,6,8H,1-2,4-5,7H2,(H,12,15). The van der Waals surface area contributed by atoms with Crippen LogP contribution in [0.25, 0.3) is 0 Å². The van der Waals surface area contributed by atoms with Gasteiger partial charge in [0.1, 0.15) is 6.26 Å². The van der Waals surface area contributed by atoms with Gasteiger partial charge >= 0.3 is 0 Å². The number of nitrogens with zero attached hydrogens (tertiary/aromatic N) is 1. The molecule has 1 N–H and O–H groups in total. The Bertz CT molecular complexity index is 367. The van der Waals surface area contributed by atoms with Crippen LogP contribution in [0.2, 0.25) is 0 Å². The van der Waals surface area contributed by atoms with Crippen LogP contribution in [0.1, 0.15) is 23.2 Å².